The third-order valence-electron chi connectivity index (χ3n) is 4.75. The van der Waals surface area contributed by atoms with Gasteiger partial charge in [-0.15, -0.1) is 0 Å². The van der Waals surface area contributed by atoms with Gasteiger partial charge in [0.15, 0.2) is 0 Å². The second-order valence-electron chi connectivity index (χ2n) is 6.34. The van der Waals surface area contributed by atoms with Gasteiger partial charge in [0.1, 0.15) is 0 Å². The number of ether oxygens (including phenoxy) is 1. The summed E-state index contributed by atoms with van der Waals surface area (Å²) in [6, 6.07) is 0. The molecule has 0 aromatic heterocycles. The summed E-state index contributed by atoms with van der Waals surface area (Å²) in [7, 11) is 0. The molecule has 1 saturated carbocycles. The van der Waals surface area contributed by atoms with Crippen molar-refractivity contribution in [3.8, 4) is 0 Å². The molecular weight excluding hydrogens is 262 g/mol. The van der Waals surface area contributed by atoms with Gasteiger partial charge < -0.3 is 4.74 Å². The van der Waals surface area contributed by atoms with Gasteiger partial charge in [-0.2, -0.15) is 8.78 Å². The normalized spacial score (nSPS) is 34.5. The Morgan fingerprint density at radius 3 is 2.45 bits per heavy atom. The number of allylic oxidation sites excluding steroid dienone is 1. The number of carbonyl (C=O) groups is 1. The van der Waals surface area contributed by atoms with Gasteiger partial charge in [-0.25, -0.2) is 0 Å². The average Bonchev–Trinajstić information content (AvgIpc) is 2.39. The van der Waals surface area contributed by atoms with Gasteiger partial charge in [0, 0.05) is 0 Å². The van der Waals surface area contributed by atoms with Crippen LogP contribution >= 0.6 is 0 Å². The van der Waals surface area contributed by atoms with Gasteiger partial charge in [0.2, 0.25) is 0 Å². The molecule has 0 radical (unpaired) electrons. The Balaban J connectivity index is 1.68. The zero-order valence-electron chi connectivity index (χ0n) is 12.1. The Labute approximate surface area is 119 Å². The molecule has 4 heteroatoms. The van der Waals surface area contributed by atoms with Crippen LogP contribution in [-0.4, -0.2) is 12.1 Å². The van der Waals surface area contributed by atoms with Crippen LogP contribution in [0.5, 0.6) is 0 Å². The molecule has 1 aliphatic carbocycles. The Hall–Kier alpha value is -0.930. The Morgan fingerprint density at radius 2 is 1.85 bits per heavy atom. The van der Waals surface area contributed by atoms with Crippen molar-refractivity contribution in [3.05, 3.63) is 12.2 Å². The van der Waals surface area contributed by atoms with Crippen LogP contribution in [-0.2, 0) is 9.53 Å². The lowest BCUT2D eigenvalue weighted by atomic mass is 9.78. The first-order chi connectivity index (χ1) is 9.54. The highest BCUT2D eigenvalue weighted by Gasteiger charge is 2.29. The standard InChI is InChI=1S/C16H24F2O2/c1-11-2-8-14(16(19)20-11)9-7-12-3-5-13(6-4-12)10-15(17)18/h10-14H,2-9H2,1H3. The second-order valence-corrected chi connectivity index (χ2v) is 6.34. The van der Waals surface area contributed by atoms with Crippen molar-refractivity contribution < 1.29 is 18.3 Å². The van der Waals surface area contributed by atoms with Crippen LogP contribution < -0.4 is 0 Å². The Bertz CT molecular complexity index is 355. The van der Waals surface area contributed by atoms with Gasteiger partial charge in [0.25, 0.3) is 6.08 Å². The number of cyclic esters (lactones) is 1. The maximum absolute atomic E-state index is 12.2. The average molecular weight is 286 g/mol. The van der Waals surface area contributed by atoms with E-state index in [4.69, 9.17) is 4.74 Å². The highest BCUT2D eigenvalue weighted by Crippen LogP contribution is 2.35. The fraction of sp³-hybridized carbons (Fsp3) is 0.812. The highest BCUT2D eigenvalue weighted by molar-refractivity contribution is 5.73. The minimum atomic E-state index is -1.55. The van der Waals surface area contributed by atoms with E-state index in [-0.39, 0.29) is 23.9 Å². The van der Waals surface area contributed by atoms with Crippen LogP contribution in [0.4, 0.5) is 8.78 Å². The maximum Gasteiger partial charge on any atom is 0.309 e. The van der Waals surface area contributed by atoms with E-state index in [1.54, 1.807) is 0 Å². The molecule has 20 heavy (non-hydrogen) atoms. The second kappa shape index (κ2) is 7.19. The smallest absolute Gasteiger partial charge is 0.309 e. The van der Waals surface area contributed by atoms with E-state index in [2.05, 4.69) is 0 Å². The largest absolute Gasteiger partial charge is 0.462 e. The molecule has 0 N–H and O–H groups in total. The lowest BCUT2D eigenvalue weighted by Crippen LogP contribution is -2.29. The van der Waals surface area contributed by atoms with Crippen LogP contribution in [0.25, 0.3) is 0 Å². The predicted octanol–water partition coefficient (Wildman–Crippen LogP) is 4.70. The van der Waals surface area contributed by atoms with E-state index in [1.807, 2.05) is 6.92 Å². The van der Waals surface area contributed by atoms with Gasteiger partial charge in [0.05, 0.1) is 12.0 Å². The zero-order valence-corrected chi connectivity index (χ0v) is 12.1. The third kappa shape index (κ3) is 4.57. The fourth-order valence-electron chi connectivity index (χ4n) is 3.43. The molecule has 2 aliphatic rings. The SMILES string of the molecule is CC1CCC(CCC2CCC(C=C(F)F)CC2)C(=O)O1. The lowest BCUT2D eigenvalue weighted by Gasteiger charge is -2.29. The molecule has 0 bridgehead atoms. The third-order valence-corrected chi connectivity index (χ3v) is 4.75. The van der Waals surface area contributed by atoms with Crippen LogP contribution in [0, 0.1) is 17.8 Å². The van der Waals surface area contributed by atoms with Crippen molar-refractivity contribution in [2.24, 2.45) is 17.8 Å². The number of esters is 1. The summed E-state index contributed by atoms with van der Waals surface area (Å²) in [5.41, 5.74) is 0. The molecule has 1 saturated heterocycles. The molecule has 0 aromatic carbocycles. The van der Waals surface area contributed by atoms with Gasteiger partial charge in [-0.1, -0.05) is 0 Å². The van der Waals surface area contributed by atoms with E-state index in [0.717, 1.165) is 57.4 Å². The van der Waals surface area contributed by atoms with Gasteiger partial charge >= 0.3 is 5.97 Å². The van der Waals surface area contributed by atoms with Crippen molar-refractivity contribution in [2.75, 3.05) is 0 Å². The van der Waals surface area contributed by atoms with Crippen LogP contribution in [0.1, 0.15) is 58.3 Å². The number of halogens is 2. The summed E-state index contributed by atoms with van der Waals surface area (Å²) in [6.07, 6.45) is 7.17. The van der Waals surface area contributed by atoms with Crippen LogP contribution in [0.15, 0.2) is 12.2 Å². The monoisotopic (exact) mass is 286 g/mol. The Kier molecular flexibility index (Phi) is 5.55. The summed E-state index contributed by atoms with van der Waals surface area (Å²) in [5.74, 6) is 0.665. The van der Waals surface area contributed by atoms with Crippen LogP contribution in [0.2, 0.25) is 0 Å². The molecule has 1 heterocycles. The van der Waals surface area contributed by atoms with Crippen molar-refractivity contribution in [2.45, 2.75) is 64.4 Å². The number of hydrogen-bond acceptors (Lipinski definition) is 2. The van der Waals surface area contributed by atoms with E-state index in [9.17, 15) is 13.6 Å². The fourth-order valence-corrected chi connectivity index (χ4v) is 3.43. The van der Waals surface area contributed by atoms with E-state index in [0.29, 0.717) is 5.92 Å². The number of rotatable bonds is 4. The van der Waals surface area contributed by atoms with Crippen molar-refractivity contribution in [1.82, 2.24) is 0 Å². The molecular formula is C16H24F2O2. The molecule has 2 nitrogen and oxygen atoms in total. The molecule has 2 atom stereocenters. The van der Waals surface area contributed by atoms with Crippen molar-refractivity contribution >= 4 is 5.97 Å². The summed E-state index contributed by atoms with van der Waals surface area (Å²) >= 11 is 0. The molecule has 0 spiro atoms. The molecule has 114 valence electrons. The first-order valence-corrected chi connectivity index (χ1v) is 7.78. The summed E-state index contributed by atoms with van der Waals surface area (Å²) < 4.78 is 29.7. The van der Waals surface area contributed by atoms with Crippen LogP contribution in [0.3, 0.4) is 0 Å². The minimum Gasteiger partial charge on any atom is -0.462 e. The molecule has 0 amide bonds. The quantitative estimate of drug-likeness (QED) is 0.700. The van der Waals surface area contributed by atoms with Crippen molar-refractivity contribution in [1.29, 1.82) is 0 Å². The summed E-state index contributed by atoms with van der Waals surface area (Å²) in [6.45, 7) is 1.94. The summed E-state index contributed by atoms with van der Waals surface area (Å²) in [4.78, 5) is 11.7. The highest BCUT2D eigenvalue weighted by atomic mass is 19.3. The number of carbonyl (C=O) groups excluding carboxylic acids is 1. The van der Waals surface area contributed by atoms with E-state index < -0.39 is 6.08 Å². The minimum absolute atomic E-state index is 0.0418. The molecule has 0 aromatic rings. The maximum atomic E-state index is 12.2. The topological polar surface area (TPSA) is 26.3 Å². The molecule has 1 aliphatic heterocycles. The first-order valence-electron chi connectivity index (χ1n) is 7.78. The van der Waals surface area contributed by atoms with E-state index >= 15 is 0 Å². The van der Waals surface area contributed by atoms with Crippen molar-refractivity contribution in [3.63, 3.8) is 0 Å². The first kappa shape index (κ1) is 15.5. The predicted molar refractivity (Wildman–Crippen MR) is 73.3 cm³/mol. The molecule has 2 rings (SSSR count). The van der Waals surface area contributed by atoms with E-state index in [1.165, 1.54) is 0 Å². The molecule has 2 unspecified atom stereocenters. The van der Waals surface area contributed by atoms with Gasteiger partial charge in [-0.3, -0.25) is 4.79 Å². The Morgan fingerprint density at radius 1 is 1.15 bits per heavy atom. The van der Waals surface area contributed by atoms with Gasteiger partial charge in [-0.05, 0) is 76.2 Å². The lowest BCUT2D eigenvalue weighted by molar-refractivity contribution is -0.159. The summed E-state index contributed by atoms with van der Waals surface area (Å²) in [5, 5.41) is 0. The zero-order chi connectivity index (χ0) is 14.5. The number of hydrogen-bond donors (Lipinski definition) is 0. The molecule has 2 fully saturated rings.